The molecule has 0 bridgehead atoms. The molecule has 2 rings (SSSR count). The molecular formula is C24H32N2O3. The van der Waals surface area contributed by atoms with Crippen LogP contribution in [0.2, 0.25) is 0 Å². The molecule has 0 aliphatic rings. The summed E-state index contributed by atoms with van der Waals surface area (Å²) in [5.41, 5.74) is 4.02. The molecule has 5 nitrogen and oxygen atoms in total. The van der Waals surface area contributed by atoms with Crippen molar-refractivity contribution < 1.29 is 14.3 Å². The zero-order chi connectivity index (χ0) is 21.4. The molecule has 0 saturated carbocycles. The lowest BCUT2D eigenvalue weighted by Gasteiger charge is -2.20. The first kappa shape index (κ1) is 22.6. The van der Waals surface area contributed by atoms with Crippen LogP contribution in [-0.4, -0.2) is 32.1 Å². The first-order chi connectivity index (χ1) is 13.8. The van der Waals surface area contributed by atoms with Crippen molar-refractivity contribution in [2.75, 3.05) is 25.6 Å². The lowest BCUT2D eigenvalue weighted by atomic mass is 9.92. The van der Waals surface area contributed by atoms with Crippen molar-refractivity contribution in [3.05, 3.63) is 64.7 Å². The van der Waals surface area contributed by atoms with Gasteiger partial charge in [0.05, 0.1) is 0 Å². The van der Waals surface area contributed by atoms with Gasteiger partial charge in [-0.2, -0.15) is 0 Å². The number of hydrogen-bond donors (Lipinski definition) is 2. The summed E-state index contributed by atoms with van der Waals surface area (Å²) in [6.07, 6.45) is 0.742. The van der Waals surface area contributed by atoms with Crippen LogP contribution >= 0.6 is 0 Å². The highest BCUT2D eigenvalue weighted by Gasteiger charge is 2.17. The van der Waals surface area contributed by atoms with E-state index in [1.807, 2.05) is 6.07 Å². The van der Waals surface area contributed by atoms with Gasteiger partial charge in [-0.15, -0.1) is 0 Å². The Morgan fingerprint density at radius 2 is 1.45 bits per heavy atom. The van der Waals surface area contributed by atoms with Gasteiger partial charge in [0.2, 0.25) is 0 Å². The molecule has 5 heteroatoms. The molecule has 0 unspecified atom stereocenters. The van der Waals surface area contributed by atoms with Crippen LogP contribution in [0.3, 0.4) is 0 Å². The molecule has 2 aromatic rings. The second-order valence-electron chi connectivity index (χ2n) is 7.76. The quantitative estimate of drug-likeness (QED) is 0.589. The predicted octanol–water partition coefficient (Wildman–Crippen LogP) is 4.95. The van der Waals surface area contributed by atoms with Gasteiger partial charge in [0.15, 0.2) is 0 Å². The molecule has 0 atom stereocenters. The summed E-state index contributed by atoms with van der Waals surface area (Å²) in [4.78, 5) is 25.3. The molecule has 0 spiro atoms. The van der Waals surface area contributed by atoms with Crippen molar-refractivity contribution in [2.24, 2.45) is 0 Å². The minimum atomic E-state index is -0.214. The van der Waals surface area contributed by atoms with E-state index in [0.717, 1.165) is 23.2 Å². The molecule has 0 radical (unpaired) electrons. The van der Waals surface area contributed by atoms with E-state index in [-0.39, 0.29) is 23.7 Å². The standard InChI is InChI=1S/C24H32N2O3/c1-16(2)20-11-7-12-21(17(3)4)22(20)26-24(28)19-10-6-9-18(15-19)23(27)25-13-8-14-29-5/h6-7,9-12,15-17H,8,13-14H2,1-5H3,(H,25,27)(H,26,28). The molecule has 0 heterocycles. The zero-order valence-electron chi connectivity index (χ0n) is 18.0. The molecule has 0 saturated heterocycles. The van der Waals surface area contributed by atoms with Gasteiger partial charge >= 0.3 is 0 Å². The maximum absolute atomic E-state index is 13.0. The molecule has 2 amide bonds. The third-order valence-electron chi connectivity index (χ3n) is 4.81. The second kappa shape index (κ2) is 10.8. The number of carbonyl (C=O) groups is 2. The van der Waals surface area contributed by atoms with Crippen LogP contribution in [0.4, 0.5) is 5.69 Å². The molecule has 0 fully saturated rings. The molecule has 156 valence electrons. The number of ether oxygens (including phenoxy) is 1. The summed E-state index contributed by atoms with van der Waals surface area (Å²) in [6.45, 7) is 9.58. The van der Waals surface area contributed by atoms with Crippen molar-refractivity contribution in [2.45, 2.75) is 46.0 Å². The van der Waals surface area contributed by atoms with Crippen LogP contribution in [0.25, 0.3) is 0 Å². The summed E-state index contributed by atoms with van der Waals surface area (Å²) in [5, 5.41) is 5.94. The Morgan fingerprint density at radius 1 is 0.897 bits per heavy atom. The van der Waals surface area contributed by atoms with Gasteiger partial charge in [0, 0.05) is 37.1 Å². The highest BCUT2D eigenvalue weighted by Crippen LogP contribution is 2.32. The van der Waals surface area contributed by atoms with E-state index in [1.165, 1.54) is 0 Å². The van der Waals surface area contributed by atoms with Gasteiger partial charge in [0.1, 0.15) is 0 Å². The summed E-state index contributed by atoms with van der Waals surface area (Å²) in [7, 11) is 1.63. The van der Waals surface area contributed by atoms with Crippen molar-refractivity contribution in [3.63, 3.8) is 0 Å². The maximum atomic E-state index is 13.0. The highest BCUT2D eigenvalue weighted by atomic mass is 16.5. The van der Waals surface area contributed by atoms with Crippen LogP contribution in [0.5, 0.6) is 0 Å². The Bertz CT molecular complexity index is 818. The van der Waals surface area contributed by atoms with Crippen LogP contribution in [0.1, 0.15) is 77.8 Å². The zero-order valence-corrected chi connectivity index (χ0v) is 18.0. The van der Waals surface area contributed by atoms with E-state index in [1.54, 1.807) is 31.4 Å². The van der Waals surface area contributed by atoms with E-state index in [2.05, 4.69) is 50.5 Å². The van der Waals surface area contributed by atoms with Gasteiger partial charge in [-0.1, -0.05) is 52.0 Å². The van der Waals surface area contributed by atoms with Gasteiger partial charge in [0.25, 0.3) is 11.8 Å². The van der Waals surface area contributed by atoms with Gasteiger partial charge < -0.3 is 15.4 Å². The maximum Gasteiger partial charge on any atom is 0.255 e. The average Bonchev–Trinajstić information content (AvgIpc) is 2.70. The first-order valence-electron chi connectivity index (χ1n) is 10.2. The largest absolute Gasteiger partial charge is 0.385 e. The fraction of sp³-hybridized carbons (Fsp3) is 0.417. The van der Waals surface area contributed by atoms with Crippen molar-refractivity contribution in [3.8, 4) is 0 Å². The van der Waals surface area contributed by atoms with Crippen LogP contribution in [0.15, 0.2) is 42.5 Å². The fourth-order valence-electron chi connectivity index (χ4n) is 3.20. The normalized spacial score (nSPS) is 11.0. The molecule has 29 heavy (non-hydrogen) atoms. The number of nitrogens with one attached hydrogen (secondary N) is 2. The molecule has 0 aromatic heterocycles. The van der Waals surface area contributed by atoms with Gasteiger partial charge in [-0.3, -0.25) is 9.59 Å². The predicted molar refractivity (Wildman–Crippen MR) is 118 cm³/mol. The molecule has 2 aromatic carbocycles. The molecule has 0 aliphatic carbocycles. The van der Waals surface area contributed by atoms with Crippen molar-refractivity contribution in [1.82, 2.24) is 5.32 Å². The Balaban J connectivity index is 2.21. The summed E-state index contributed by atoms with van der Waals surface area (Å²) in [5.74, 6) is 0.164. The monoisotopic (exact) mass is 396 g/mol. The topological polar surface area (TPSA) is 67.4 Å². The minimum Gasteiger partial charge on any atom is -0.385 e. The van der Waals surface area contributed by atoms with Gasteiger partial charge in [-0.25, -0.2) is 0 Å². The Labute approximate surface area is 173 Å². The molecule has 0 aliphatic heterocycles. The Kier molecular flexibility index (Phi) is 8.40. The Hall–Kier alpha value is -2.66. The lowest BCUT2D eigenvalue weighted by molar-refractivity contribution is 0.0948. The van der Waals surface area contributed by atoms with E-state index < -0.39 is 0 Å². The highest BCUT2D eigenvalue weighted by molar-refractivity contribution is 6.07. The van der Waals surface area contributed by atoms with Crippen LogP contribution in [0, 0.1) is 0 Å². The lowest BCUT2D eigenvalue weighted by Crippen LogP contribution is -2.25. The average molecular weight is 397 g/mol. The van der Waals surface area contributed by atoms with E-state index in [4.69, 9.17) is 4.74 Å². The number of methoxy groups -OCH3 is 1. The Morgan fingerprint density at radius 3 is 2.00 bits per heavy atom. The number of para-hydroxylation sites is 1. The third-order valence-corrected chi connectivity index (χ3v) is 4.81. The van der Waals surface area contributed by atoms with Crippen LogP contribution in [-0.2, 0) is 4.74 Å². The molecule has 2 N–H and O–H groups in total. The fourth-order valence-corrected chi connectivity index (χ4v) is 3.20. The van der Waals surface area contributed by atoms with E-state index in [9.17, 15) is 9.59 Å². The number of benzene rings is 2. The summed E-state index contributed by atoms with van der Waals surface area (Å²) < 4.78 is 4.99. The van der Waals surface area contributed by atoms with Crippen molar-refractivity contribution >= 4 is 17.5 Å². The SMILES string of the molecule is COCCCNC(=O)c1cccc(C(=O)Nc2c(C(C)C)cccc2C(C)C)c1. The van der Waals surface area contributed by atoms with E-state index >= 15 is 0 Å². The molecular weight excluding hydrogens is 364 g/mol. The smallest absolute Gasteiger partial charge is 0.255 e. The number of hydrogen-bond acceptors (Lipinski definition) is 3. The van der Waals surface area contributed by atoms with Gasteiger partial charge in [-0.05, 0) is 47.6 Å². The number of anilines is 1. The number of carbonyl (C=O) groups excluding carboxylic acids is 2. The second-order valence-corrected chi connectivity index (χ2v) is 7.76. The summed E-state index contributed by atoms with van der Waals surface area (Å²) in [6, 6.07) is 12.9. The first-order valence-corrected chi connectivity index (χ1v) is 10.2. The minimum absolute atomic E-state index is 0.193. The van der Waals surface area contributed by atoms with Crippen LogP contribution < -0.4 is 10.6 Å². The van der Waals surface area contributed by atoms with Crippen molar-refractivity contribution in [1.29, 1.82) is 0 Å². The third kappa shape index (κ3) is 6.16. The number of amides is 2. The summed E-state index contributed by atoms with van der Waals surface area (Å²) >= 11 is 0. The number of rotatable bonds is 9. The van der Waals surface area contributed by atoms with E-state index in [0.29, 0.717) is 24.3 Å².